The number of hydrogen-bond acceptors (Lipinski definition) is 7. The zero-order valence-corrected chi connectivity index (χ0v) is 12.2. The van der Waals surface area contributed by atoms with Crippen molar-refractivity contribution in [2.45, 2.75) is 24.3 Å². The summed E-state index contributed by atoms with van der Waals surface area (Å²) in [7, 11) is 7.22. The van der Waals surface area contributed by atoms with Crippen LogP contribution in [0.2, 0.25) is 0 Å². The number of carbonyl (C=O) groups is 2. The summed E-state index contributed by atoms with van der Waals surface area (Å²) in [6, 6.07) is 0. The molecule has 88 valence electrons. The average Bonchev–Trinajstić information content (AvgIpc) is 2.16. The third-order valence-corrected chi connectivity index (χ3v) is 10.5. The highest BCUT2D eigenvalue weighted by molar-refractivity contribution is 9.35. The smallest absolute Gasteiger partial charge is 0.231 e. The Morgan fingerprint density at radius 3 is 1.47 bits per heavy atom. The molecule has 2 amide bonds. The van der Waals surface area contributed by atoms with Crippen LogP contribution >= 0.6 is 51.1 Å². The fourth-order valence-corrected chi connectivity index (χ4v) is 9.39. The zero-order valence-electron chi connectivity index (χ0n) is 8.17. The molecule has 0 radical (unpaired) electrons. The van der Waals surface area contributed by atoms with Crippen LogP contribution in [-0.2, 0) is 9.59 Å². The molecule has 0 rings (SSSR count). The van der Waals surface area contributed by atoms with Crippen molar-refractivity contribution in [2.24, 2.45) is 11.5 Å². The molecular formula is C6H12N2O2S5. The molecule has 0 fully saturated rings. The number of nitrogens with two attached hydrogens (primary N) is 2. The molecule has 0 heterocycles. The summed E-state index contributed by atoms with van der Waals surface area (Å²) in [6.45, 7) is 3.51. The van der Waals surface area contributed by atoms with Crippen LogP contribution in [-0.4, -0.2) is 22.3 Å². The van der Waals surface area contributed by atoms with Crippen molar-refractivity contribution in [3.05, 3.63) is 0 Å². The molecule has 0 aromatic rings. The summed E-state index contributed by atoms with van der Waals surface area (Å²) < 4.78 is 0. The second-order valence-corrected chi connectivity index (χ2v) is 10.7. The minimum Gasteiger partial charge on any atom is -0.369 e. The lowest BCUT2D eigenvalue weighted by Gasteiger charge is -2.06. The lowest BCUT2D eigenvalue weighted by Crippen LogP contribution is -2.21. The molecular weight excluding hydrogens is 292 g/mol. The molecule has 4 N–H and O–H groups in total. The van der Waals surface area contributed by atoms with Crippen molar-refractivity contribution in [3.63, 3.8) is 0 Å². The normalized spacial score (nSPS) is 14.5. The van der Waals surface area contributed by atoms with E-state index in [1.165, 1.54) is 51.1 Å². The number of amides is 2. The highest BCUT2D eigenvalue weighted by Crippen LogP contribution is 2.50. The molecule has 0 spiro atoms. The van der Waals surface area contributed by atoms with E-state index >= 15 is 0 Å². The van der Waals surface area contributed by atoms with Crippen molar-refractivity contribution in [3.8, 4) is 0 Å². The Bertz CT molecular complexity index is 206. The van der Waals surface area contributed by atoms with Crippen molar-refractivity contribution < 1.29 is 9.59 Å². The van der Waals surface area contributed by atoms with Gasteiger partial charge < -0.3 is 11.5 Å². The van der Waals surface area contributed by atoms with Gasteiger partial charge in [-0.25, -0.2) is 0 Å². The topological polar surface area (TPSA) is 86.2 Å². The minimum atomic E-state index is -0.323. The molecule has 2 atom stereocenters. The Morgan fingerprint density at radius 1 is 0.867 bits per heavy atom. The number of primary amides is 2. The Kier molecular flexibility index (Phi) is 9.20. The summed E-state index contributed by atoms with van der Waals surface area (Å²) in [5, 5.41) is -0.414. The molecule has 0 aliphatic rings. The van der Waals surface area contributed by atoms with Gasteiger partial charge in [-0.1, -0.05) is 21.6 Å². The van der Waals surface area contributed by atoms with Crippen LogP contribution < -0.4 is 11.5 Å². The SMILES string of the molecule is CC(SSSSSC(C)C(N)=O)C(N)=O. The fourth-order valence-electron chi connectivity index (χ4n) is 0.256. The van der Waals surface area contributed by atoms with Gasteiger partial charge in [0.15, 0.2) is 0 Å². The molecule has 15 heavy (non-hydrogen) atoms. The van der Waals surface area contributed by atoms with Crippen LogP contribution in [0.1, 0.15) is 13.8 Å². The van der Waals surface area contributed by atoms with Crippen molar-refractivity contribution in [2.75, 3.05) is 0 Å². The summed E-state index contributed by atoms with van der Waals surface area (Å²) in [5.41, 5.74) is 10.2. The van der Waals surface area contributed by atoms with Crippen LogP contribution in [0, 0.1) is 0 Å². The van der Waals surface area contributed by atoms with E-state index in [0.29, 0.717) is 0 Å². The van der Waals surface area contributed by atoms with E-state index in [1.807, 2.05) is 0 Å². The number of carbonyl (C=O) groups excluding carboxylic acids is 2. The quantitative estimate of drug-likeness (QED) is 0.524. The van der Waals surface area contributed by atoms with E-state index < -0.39 is 0 Å². The lowest BCUT2D eigenvalue weighted by atomic mass is 10.5. The molecule has 0 aliphatic carbocycles. The number of rotatable bonds is 8. The third kappa shape index (κ3) is 8.49. The molecule has 4 nitrogen and oxygen atoms in total. The van der Waals surface area contributed by atoms with E-state index in [0.717, 1.165) is 0 Å². The zero-order chi connectivity index (χ0) is 11.8. The predicted molar refractivity (Wildman–Crippen MR) is 75.3 cm³/mol. The summed E-state index contributed by atoms with van der Waals surface area (Å²) >= 11 is 0. The predicted octanol–water partition coefficient (Wildman–Crippen LogP) is 2.06. The Morgan fingerprint density at radius 2 is 1.20 bits per heavy atom. The molecule has 0 aliphatic heterocycles. The Labute approximate surface area is 108 Å². The molecule has 0 saturated heterocycles. The third-order valence-electron chi connectivity index (χ3n) is 1.22. The first-order chi connectivity index (χ1) is 6.95. The second kappa shape index (κ2) is 8.80. The average molecular weight is 305 g/mol. The van der Waals surface area contributed by atoms with Crippen molar-refractivity contribution in [1.29, 1.82) is 0 Å². The van der Waals surface area contributed by atoms with Gasteiger partial charge in [0.1, 0.15) is 0 Å². The first-order valence-corrected chi connectivity index (χ1v) is 10.1. The van der Waals surface area contributed by atoms with Gasteiger partial charge in [-0.3, -0.25) is 9.59 Å². The van der Waals surface area contributed by atoms with E-state index in [2.05, 4.69) is 0 Å². The summed E-state index contributed by atoms with van der Waals surface area (Å²) in [4.78, 5) is 21.3. The van der Waals surface area contributed by atoms with Gasteiger partial charge >= 0.3 is 0 Å². The van der Waals surface area contributed by atoms with Gasteiger partial charge in [0.05, 0.1) is 10.5 Å². The van der Waals surface area contributed by atoms with Crippen LogP contribution in [0.4, 0.5) is 0 Å². The highest BCUT2D eigenvalue weighted by Gasteiger charge is 2.12. The van der Waals surface area contributed by atoms with Crippen molar-refractivity contribution >= 4 is 62.9 Å². The second-order valence-electron chi connectivity index (χ2n) is 2.49. The van der Waals surface area contributed by atoms with E-state index in [1.54, 1.807) is 13.8 Å². The molecule has 0 bridgehead atoms. The largest absolute Gasteiger partial charge is 0.369 e. The highest BCUT2D eigenvalue weighted by atomic mass is 33.8. The molecule has 0 aromatic heterocycles. The van der Waals surface area contributed by atoms with Crippen LogP contribution in [0.3, 0.4) is 0 Å². The monoisotopic (exact) mass is 304 g/mol. The maximum Gasteiger partial charge on any atom is 0.231 e. The van der Waals surface area contributed by atoms with Gasteiger partial charge in [-0.15, -0.1) is 0 Å². The number of hydrogen-bond donors (Lipinski definition) is 2. The first kappa shape index (κ1) is 15.7. The van der Waals surface area contributed by atoms with Crippen LogP contribution in [0.5, 0.6) is 0 Å². The Hall–Kier alpha value is 0.690. The van der Waals surface area contributed by atoms with E-state index in [4.69, 9.17) is 11.5 Å². The fraction of sp³-hybridized carbons (Fsp3) is 0.667. The van der Waals surface area contributed by atoms with Gasteiger partial charge in [-0.2, -0.15) is 0 Å². The summed E-state index contributed by atoms with van der Waals surface area (Å²) in [5.74, 6) is -0.646. The lowest BCUT2D eigenvalue weighted by molar-refractivity contribution is -0.118. The molecule has 2 unspecified atom stereocenters. The van der Waals surface area contributed by atoms with Gasteiger partial charge in [-0.05, 0) is 43.3 Å². The van der Waals surface area contributed by atoms with Crippen LogP contribution in [0.25, 0.3) is 0 Å². The van der Waals surface area contributed by atoms with Gasteiger partial charge in [0.2, 0.25) is 11.8 Å². The first-order valence-electron chi connectivity index (χ1n) is 3.86. The minimum absolute atomic E-state index is 0.207. The van der Waals surface area contributed by atoms with Gasteiger partial charge in [0, 0.05) is 0 Å². The standard InChI is InChI=1S/C6H12N2O2S5/c1-3(5(7)9)11-13-15-14-12-4(2)6(8)10/h3-4H,1-2H3,(H2,7,9)(H2,8,10). The molecule has 0 aromatic carbocycles. The van der Waals surface area contributed by atoms with E-state index in [9.17, 15) is 9.59 Å². The summed E-state index contributed by atoms with van der Waals surface area (Å²) in [6.07, 6.45) is 0. The maximum atomic E-state index is 10.7. The molecule has 0 saturated carbocycles. The van der Waals surface area contributed by atoms with Crippen molar-refractivity contribution in [1.82, 2.24) is 0 Å². The van der Waals surface area contributed by atoms with E-state index in [-0.39, 0.29) is 22.3 Å². The molecule has 9 heteroatoms. The Balaban J connectivity index is 3.40. The van der Waals surface area contributed by atoms with Gasteiger partial charge in [0.25, 0.3) is 0 Å². The van der Waals surface area contributed by atoms with Crippen LogP contribution in [0.15, 0.2) is 0 Å². The maximum absolute atomic E-state index is 10.7.